The molecule has 5 rings (SSSR count). The summed E-state index contributed by atoms with van der Waals surface area (Å²) in [6, 6.07) is 0.720. The molecular formula is C16H24N4OS2. The second kappa shape index (κ2) is 6.70. The molecule has 5 nitrogen and oxygen atoms in total. The first-order valence-corrected chi connectivity index (χ1v) is 10.6. The molecule has 1 atom stereocenters. The smallest absolute Gasteiger partial charge is 0.273 e. The fraction of sp³-hybridized carbons (Fsp3) is 0.750. The molecule has 0 unspecified atom stereocenters. The fourth-order valence-corrected chi connectivity index (χ4v) is 5.45. The van der Waals surface area contributed by atoms with Crippen LogP contribution in [0.25, 0.3) is 0 Å². The third-order valence-electron chi connectivity index (χ3n) is 5.57. The molecule has 0 radical (unpaired) electrons. The number of aromatic nitrogens is 1. The lowest BCUT2D eigenvalue weighted by molar-refractivity contribution is -0.0131. The number of thioether (sulfide) groups is 1. The normalized spacial score (nSPS) is 31.5. The Bertz CT molecular complexity index is 562. The van der Waals surface area contributed by atoms with Crippen LogP contribution in [0.2, 0.25) is 0 Å². The number of thiazole rings is 1. The highest BCUT2D eigenvalue weighted by Crippen LogP contribution is 2.31. The molecule has 4 fully saturated rings. The predicted octanol–water partition coefficient (Wildman–Crippen LogP) is 1.72. The zero-order valence-electron chi connectivity index (χ0n) is 13.6. The average molecular weight is 353 g/mol. The van der Waals surface area contributed by atoms with Crippen LogP contribution in [-0.4, -0.2) is 83.7 Å². The molecule has 0 aromatic carbocycles. The summed E-state index contributed by atoms with van der Waals surface area (Å²) in [6.45, 7) is 7.53. The minimum Gasteiger partial charge on any atom is -0.335 e. The predicted molar refractivity (Wildman–Crippen MR) is 94.3 cm³/mol. The Balaban J connectivity index is 1.34. The van der Waals surface area contributed by atoms with E-state index < -0.39 is 0 Å². The molecule has 1 aromatic rings. The van der Waals surface area contributed by atoms with Crippen molar-refractivity contribution in [2.75, 3.05) is 52.1 Å². The first-order chi connectivity index (χ1) is 11.2. The molecule has 23 heavy (non-hydrogen) atoms. The SMILES string of the molecule is CSc1nc(C(=O)N2CCN([C@@H]3CN4CCC3CC4)CC2)cs1. The van der Waals surface area contributed by atoms with Crippen LogP contribution >= 0.6 is 23.1 Å². The van der Waals surface area contributed by atoms with Crippen molar-refractivity contribution in [2.45, 2.75) is 23.2 Å². The van der Waals surface area contributed by atoms with E-state index in [0.717, 1.165) is 42.5 Å². The molecule has 4 aliphatic rings. The van der Waals surface area contributed by atoms with Crippen LogP contribution in [0.3, 0.4) is 0 Å². The Morgan fingerprint density at radius 2 is 1.96 bits per heavy atom. The van der Waals surface area contributed by atoms with Crippen molar-refractivity contribution in [3.05, 3.63) is 11.1 Å². The quantitative estimate of drug-likeness (QED) is 0.775. The largest absolute Gasteiger partial charge is 0.335 e. The average Bonchev–Trinajstić information content (AvgIpc) is 3.11. The molecule has 4 saturated heterocycles. The van der Waals surface area contributed by atoms with Gasteiger partial charge in [-0.05, 0) is 38.1 Å². The maximum absolute atomic E-state index is 12.6. The molecule has 0 spiro atoms. The first kappa shape index (κ1) is 15.9. The Kier molecular flexibility index (Phi) is 4.63. The van der Waals surface area contributed by atoms with Crippen LogP contribution in [0.5, 0.6) is 0 Å². The minimum absolute atomic E-state index is 0.107. The zero-order valence-corrected chi connectivity index (χ0v) is 15.2. The van der Waals surface area contributed by atoms with Gasteiger partial charge in [0.05, 0.1) is 0 Å². The summed E-state index contributed by atoms with van der Waals surface area (Å²) < 4.78 is 0.972. The van der Waals surface area contributed by atoms with Crippen LogP contribution < -0.4 is 0 Å². The van der Waals surface area contributed by atoms with Crippen LogP contribution in [0, 0.1) is 5.92 Å². The van der Waals surface area contributed by atoms with Gasteiger partial charge in [0, 0.05) is 44.1 Å². The maximum Gasteiger partial charge on any atom is 0.273 e. The second-order valence-electron chi connectivity index (χ2n) is 6.74. The number of rotatable bonds is 3. The van der Waals surface area contributed by atoms with E-state index in [-0.39, 0.29) is 5.91 Å². The van der Waals surface area contributed by atoms with Gasteiger partial charge >= 0.3 is 0 Å². The summed E-state index contributed by atoms with van der Waals surface area (Å²) in [5.41, 5.74) is 0.621. The number of piperazine rings is 1. The Hall–Kier alpha value is -0.630. The van der Waals surface area contributed by atoms with Gasteiger partial charge in [-0.15, -0.1) is 11.3 Å². The third kappa shape index (κ3) is 3.16. The number of nitrogens with zero attached hydrogens (tertiary/aromatic N) is 4. The van der Waals surface area contributed by atoms with Crippen LogP contribution in [0.15, 0.2) is 9.72 Å². The Labute approximate surface area is 146 Å². The fourth-order valence-electron chi connectivity index (χ4n) is 4.22. The van der Waals surface area contributed by atoms with Gasteiger partial charge in [0.25, 0.3) is 5.91 Å². The maximum atomic E-state index is 12.6. The van der Waals surface area contributed by atoms with Gasteiger partial charge in [0.15, 0.2) is 0 Å². The summed E-state index contributed by atoms with van der Waals surface area (Å²) in [5.74, 6) is 0.986. The van der Waals surface area contributed by atoms with Crippen LogP contribution in [0.4, 0.5) is 0 Å². The van der Waals surface area contributed by atoms with Crippen molar-refractivity contribution in [1.29, 1.82) is 0 Å². The Morgan fingerprint density at radius 1 is 1.22 bits per heavy atom. The molecule has 0 aliphatic carbocycles. The molecule has 2 bridgehead atoms. The highest BCUT2D eigenvalue weighted by atomic mass is 32.2. The van der Waals surface area contributed by atoms with E-state index in [1.165, 1.54) is 32.5 Å². The third-order valence-corrected chi connectivity index (χ3v) is 7.43. The molecule has 7 heteroatoms. The number of hydrogen-bond acceptors (Lipinski definition) is 6. The molecule has 5 heterocycles. The lowest BCUT2D eigenvalue weighted by Gasteiger charge is -2.50. The highest BCUT2D eigenvalue weighted by Gasteiger charge is 2.38. The van der Waals surface area contributed by atoms with Crippen molar-refractivity contribution >= 4 is 29.0 Å². The molecule has 1 amide bonds. The van der Waals surface area contributed by atoms with Gasteiger partial charge in [-0.25, -0.2) is 4.98 Å². The number of hydrogen-bond donors (Lipinski definition) is 0. The van der Waals surface area contributed by atoms with Crippen molar-refractivity contribution < 1.29 is 4.79 Å². The molecule has 1 aromatic heterocycles. The summed E-state index contributed by atoms with van der Waals surface area (Å²) in [4.78, 5) is 24.2. The van der Waals surface area contributed by atoms with Gasteiger partial charge in [0.2, 0.25) is 0 Å². The van der Waals surface area contributed by atoms with E-state index in [4.69, 9.17) is 0 Å². The van der Waals surface area contributed by atoms with Crippen LogP contribution in [0.1, 0.15) is 23.3 Å². The topological polar surface area (TPSA) is 39.7 Å². The van der Waals surface area contributed by atoms with E-state index >= 15 is 0 Å². The Morgan fingerprint density at radius 3 is 2.52 bits per heavy atom. The summed E-state index contributed by atoms with van der Waals surface area (Å²) >= 11 is 3.17. The highest BCUT2D eigenvalue weighted by molar-refractivity contribution is 8.00. The van der Waals surface area contributed by atoms with Crippen molar-refractivity contribution in [2.24, 2.45) is 5.92 Å². The summed E-state index contributed by atoms with van der Waals surface area (Å²) in [5, 5.41) is 1.90. The second-order valence-corrected chi connectivity index (χ2v) is 8.65. The van der Waals surface area contributed by atoms with Gasteiger partial charge in [-0.3, -0.25) is 9.69 Å². The van der Waals surface area contributed by atoms with Crippen LogP contribution in [-0.2, 0) is 0 Å². The van der Waals surface area contributed by atoms with E-state index in [2.05, 4.69) is 14.8 Å². The minimum atomic E-state index is 0.107. The number of carbonyl (C=O) groups is 1. The van der Waals surface area contributed by atoms with E-state index in [9.17, 15) is 4.79 Å². The molecular weight excluding hydrogens is 328 g/mol. The van der Waals surface area contributed by atoms with Gasteiger partial charge in [-0.2, -0.15) is 0 Å². The van der Waals surface area contributed by atoms with Crippen molar-refractivity contribution in [3.63, 3.8) is 0 Å². The lowest BCUT2D eigenvalue weighted by Crippen LogP contribution is -2.61. The first-order valence-electron chi connectivity index (χ1n) is 8.50. The lowest BCUT2D eigenvalue weighted by atomic mass is 9.83. The van der Waals surface area contributed by atoms with Crippen molar-refractivity contribution in [1.82, 2.24) is 19.7 Å². The number of fused-ring (bicyclic) bond motifs is 3. The number of carbonyl (C=O) groups excluding carboxylic acids is 1. The zero-order chi connectivity index (χ0) is 15.8. The summed E-state index contributed by atoms with van der Waals surface area (Å²) in [6.07, 6.45) is 4.72. The number of amides is 1. The molecule has 0 N–H and O–H groups in total. The number of piperidine rings is 3. The summed E-state index contributed by atoms with van der Waals surface area (Å²) in [7, 11) is 0. The molecule has 0 saturated carbocycles. The van der Waals surface area contributed by atoms with Crippen molar-refractivity contribution in [3.8, 4) is 0 Å². The molecule has 4 aliphatic heterocycles. The molecule has 126 valence electrons. The standard InChI is InChI=1S/C16H24N4OS2/c1-22-16-17-13(11-23-16)15(21)20-8-6-19(7-9-20)14-10-18-4-2-12(14)3-5-18/h11-12,14H,2-10H2,1H3/t14-/m1/s1. The van der Waals surface area contributed by atoms with Gasteiger partial charge in [-0.1, -0.05) is 11.8 Å². The van der Waals surface area contributed by atoms with Gasteiger partial charge in [0.1, 0.15) is 10.0 Å². The van der Waals surface area contributed by atoms with E-state index in [0.29, 0.717) is 5.69 Å². The monoisotopic (exact) mass is 352 g/mol. The van der Waals surface area contributed by atoms with Gasteiger partial charge < -0.3 is 9.80 Å². The van der Waals surface area contributed by atoms with E-state index in [1.54, 1.807) is 23.1 Å². The van der Waals surface area contributed by atoms with E-state index in [1.807, 2.05) is 16.5 Å².